The van der Waals surface area contributed by atoms with Gasteiger partial charge in [-0.25, -0.2) is 18.0 Å². The third-order valence-electron chi connectivity index (χ3n) is 7.15. The Morgan fingerprint density at radius 3 is 2.06 bits per heavy atom. The Kier molecular flexibility index (Phi) is 12.5. The van der Waals surface area contributed by atoms with Gasteiger partial charge in [0.1, 0.15) is 24.4 Å². The molecule has 0 aliphatic heterocycles. The van der Waals surface area contributed by atoms with Crippen molar-refractivity contribution >= 4 is 27.9 Å². The summed E-state index contributed by atoms with van der Waals surface area (Å²) in [6, 6.07) is 25.9. The molecule has 0 radical (unpaired) electrons. The van der Waals surface area contributed by atoms with E-state index in [-0.39, 0.29) is 24.3 Å². The topological polar surface area (TPSA) is 148 Å². The van der Waals surface area contributed by atoms with Crippen molar-refractivity contribution in [3.05, 3.63) is 131 Å². The van der Waals surface area contributed by atoms with Crippen LogP contribution in [0.2, 0.25) is 0 Å². The number of carbonyl (C=O) groups is 3. The Morgan fingerprint density at radius 1 is 0.812 bits per heavy atom. The number of carboxylic acid groups (broad SMARTS) is 1. The predicted octanol–water partition coefficient (Wildman–Crippen LogP) is 4.30. The first kappa shape index (κ1) is 35.4. The molecule has 0 saturated heterocycles. The number of sulfonamides is 1. The third-order valence-corrected chi connectivity index (χ3v) is 8.63. The number of hydrogen-bond donors (Lipinski definition) is 3. The zero-order valence-electron chi connectivity index (χ0n) is 26.5. The molecule has 0 aliphatic rings. The molecule has 0 spiro atoms. The van der Waals surface area contributed by atoms with Crippen LogP contribution in [-0.2, 0) is 37.2 Å². The van der Waals surface area contributed by atoms with E-state index in [0.717, 1.165) is 5.56 Å². The van der Waals surface area contributed by atoms with Crippen LogP contribution in [0.5, 0.6) is 5.75 Å². The maximum Gasteiger partial charge on any atom is 0.338 e. The summed E-state index contributed by atoms with van der Waals surface area (Å²) in [5.41, 5.74) is 3.30. The smallest absolute Gasteiger partial charge is 0.338 e. The molecular weight excluding hydrogens is 632 g/mol. The highest BCUT2D eigenvalue weighted by Gasteiger charge is 2.29. The molecule has 4 aromatic rings. The van der Waals surface area contributed by atoms with Gasteiger partial charge in [0.15, 0.2) is 0 Å². The van der Waals surface area contributed by atoms with Crippen molar-refractivity contribution in [2.45, 2.75) is 43.7 Å². The van der Waals surface area contributed by atoms with Gasteiger partial charge in [0.05, 0.1) is 17.1 Å². The summed E-state index contributed by atoms with van der Waals surface area (Å²) in [5.74, 6) is 3.99. The lowest BCUT2D eigenvalue weighted by Crippen LogP contribution is -2.53. The molecule has 1 amide bonds. The summed E-state index contributed by atoms with van der Waals surface area (Å²) in [6.07, 6.45) is -0.0253. The summed E-state index contributed by atoms with van der Waals surface area (Å²) < 4.78 is 39.4. The van der Waals surface area contributed by atoms with E-state index in [4.69, 9.17) is 9.47 Å². The monoisotopic (exact) mass is 668 g/mol. The Morgan fingerprint density at radius 2 is 1.44 bits per heavy atom. The van der Waals surface area contributed by atoms with Gasteiger partial charge in [-0.15, -0.1) is 0 Å². The van der Waals surface area contributed by atoms with Gasteiger partial charge >= 0.3 is 11.9 Å². The number of carbonyl (C=O) groups excluding carboxylic acids is 2. The van der Waals surface area contributed by atoms with E-state index in [1.54, 1.807) is 97.9 Å². The molecular formula is C37H36N2O8S. The summed E-state index contributed by atoms with van der Waals surface area (Å²) in [4.78, 5) is 37.4. The molecule has 0 aromatic heterocycles. The summed E-state index contributed by atoms with van der Waals surface area (Å²) in [7, 11) is -4.09. The lowest BCUT2D eigenvalue weighted by molar-refractivity contribution is -0.142. The molecule has 0 aliphatic carbocycles. The Balaban J connectivity index is 1.38. The second-order valence-electron chi connectivity index (χ2n) is 10.8. The van der Waals surface area contributed by atoms with E-state index >= 15 is 0 Å². The highest BCUT2D eigenvalue weighted by atomic mass is 32.2. The molecule has 0 bridgehead atoms. The molecule has 248 valence electrons. The minimum atomic E-state index is -4.09. The Bertz CT molecular complexity index is 1860. The van der Waals surface area contributed by atoms with Crippen LogP contribution in [0.25, 0.3) is 0 Å². The zero-order chi connectivity index (χ0) is 34.5. The van der Waals surface area contributed by atoms with Gasteiger partial charge in [-0.1, -0.05) is 72.0 Å². The number of nitrogens with one attached hydrogen (secondary N) is 2. The van der Waals surface area contributed by atoms with E-state index in [2.05, 4.69) is 21.9 Å². The van der Waals surface area contributed by atoms with Gasteiger partial charge in [-0.2, -0.15) is 4.72 Å². The maximum absolute atomic E-state index is 13.4. The molecule has 2 atom stereocenters. The highest BCUT2D eigenvalue weighted by molar-refractivity contribution is 7.89. The number of carboxylic acids is 1. The van der Waals surface area contributed by atoms with Crippen LogP contribution in [0.1, 0.15) is 39.5 Å². The van der Waals surface area contributed by atoms with Crippen molar-refractivity contribution in [1.82, 2.24) is 10.0 Å². The maximum atomic E-state index is 13.4. The van der Waals surface area contributed by atoms with Crippen molar-refractivity contribution in [1.29, 1.82) is 0 Å². The minimum absolute atomic E-state index is 0.00631. The molecule has 10 nitrogen and oxygen atoms in total. The van der Waals surface area contributed by atoms with Crippen LogP contribution in [0.3, 0.4) is 0 Å². The van der Waals surface area contributed by atoms with E-state index in [0.29, 0.717) is 34.6 Å². The summed E-state index contributed by atoms with van der Waals surface area (Å²) >= 11 is 0. The van der Waals surface area contributed by atoms with Gasteiger partial charge in [-0.05, 0) is 79.9 Å². The van der Waals surface area contributed by atoms with Crippen molar-refractivity contribution in [3.63, 3.8) is 0 Å². The first-order valence-electron chi connectivity index (χ1n) is 15.2. The molecule has 0 fully saturated rings. The molecule has 4 rings (SSSR count). The lowest BCUT2D eigenvalue weighted by Gasteiger charge is -2.22. The number of benzene rings is 4. The van der Waals surface area contributed by atoms with E-state index in [1.807, 2.05) is 6.92 Å². The number of aryl methyl sites for hydroxylation is 1. The molecule has 0 saturated carbocycles. The number of amides is 1. The zero-order valence-corrected chi connectivity index (χ0v) is 27.3. The predicted molar refractivity (Wildman–Crippen MR) is 180 cm³/mol. The normalized spacial score (nSPS) is 12.1. The fourth-order valence-corrected chi connectivity index (χ4v) is 5.80. The molecule has 48 heavy (non-hydrogen) atoms. The first-order chi connectivity index (χ1) is 23.0. The fraction of sp³-hybridized carbons (Fsp3) is 0.216. The van der Waals surface area contributed by atoms with E-state index in [9.17, 15) is 27.9 Å². The van der Waals surface area contributed by atoms with Crippen molar-refractivity contribution < 1.29 is 37.4 Å². The number of esters is 1. The van der Waals surface area contributed by atoms with Gasteiger partial charge in [0, 0.05) is 12.0 Å². The van der Waals surface area contributed by atoms with Crippen LogP contribution in [0, 0.1) is 18.8 Å². The minimum Gasteiger partial charge on any atom is -0.481 e. The molecule has 4 aromatic carbocycles. The van der Waals surface area contributed by atoms with Crippen molar-refractivity contribution in [2.24, 2.45) is 0 Å². The number of aliphatic carboxylic acids is 1. The largest absolute Gasteiger partial charge is 0.481 e. The average Bonchev–Trinajstić information content (AvgIpc) is 3.07. The second-order valence-corrected chi connectivity index (χ2v) is 12.5. The molecule has 3 N–H and O–H groups in total. The van der Waals surface area contributed by atoms with Crippen molar-refractivity contribution in [2.75, 3.05) is 13.2 Å². The standard InChI is InChI=1S/C37H36N2O8S/c1-3-46-37(43)30-17-19-31(20-18-30)47-23-7-10-27-13-15-29(16-14-27)25-34(36(41)42)38-35(40)33(24-28-8-5-4-6-9-28)39-48(44,45)32-21-11-26(2)12-22-32/h4-6,8-9,11-22,33-34,39H,3,23-25H2,1-2H3,(H,38,40)(H,41,42). The SMILES string of the molecule is CCOC(=O)c1ccc(OCC#Cc2ccc(CC(NC(=O)C(Cc3ccccc3)NS(=O)(=O)c3ccc(C)cc3)C(=O)O)cc2)cc1. The van der Waals surface area contributed by atoms with Crippen LogP contribution < -0.4 is 14.8 Å². The number of hydrogen-bond acceptors (Lipinski definition) is 7. The Hall–Kier alpha value is -5.44. The lowest BCUT2D eigenvalue weighted by atomic mass is 10.0. The van der Waals surface area contributed by atoms with Crippen LogP contribution in [0.15, 0.2) is 108 Å². The van der Waals surface area contributed by atoms with Crippen LogP contribution in [0.4, 0.5) is 0 Å². The average molecular weight is 669 g/mol. The second kappa shape index (κ2) is 16.9. The van der Waals surface area contributed by atoms with Crippen LogP contribution >= 0.6 is 0 Å². The van der Waals surface area contributed by atoms with Crippen molar-refractivity contribution in [3.8, 4) is 17.6 Å². The van der Waals surface area contributed by atoms with E-state index < -0.39 is 40.0 Å². The first-order valence-corrected chi connectivity index (χ1v) is 16.7. The summed E-state index contributed by atoms with van der Waals surface area (Å²) in [6.45, 7) is 3.96. The molecule has 0 heterocycles. The Labute approximate surface area is 280 Å². The quantitative estimate of drug-likeness (QED) is 0.133. The van der Waals surface area contributed by atoms with Gasteiger partial charge in [0.2, 0.25) is 15.9 Å². The molecule has 11 heteroatoms. The van der Waals surface area contributed by atoms with E-state index in [1.165, 1.54) is 12.1 Å². The number of ether oxygens (including phenoxy) is 2. The number of rotatable bonds is 14. The van der Waals surface area contributed by atoms with Gasteiger partial charge in [0.25, 0.3) is 0 Å². The van der Waals surface area contributed by atoms with Crippen LogP contribution in [-0.4, -0.2) is 56.7 Å². The summed E-state index contributed by atoms with van der Waals surface area (Å²) in [5, 5.41) is 12.5. The molecule has 2 unspecified atom stereocenters. The van der Waals surface area contributed by atoms with Gasteiger partial charge < -0.3 is 19.9 Å². The third kappa shape index (κ3) is 10.6. The highest BCUT2D eigenvalue weighted by Crippen LogP contribution is 2.15. The fourth-order valence-electron chi connectivity index (χ4n) is 4.60. The van der Waals surface area contributed by atoms with Gasteiger partial charge in [-0.3, -0.25) is 4.79 Å².